The van der Waals surface area contributed by atoms with Crippen molar-refractivity contribution in [3.8, 4) is 0 Å². The van der Waals surface area contributed by atoms with Gasteiger partial charge in [-0.2, -0.15) is 0 Å². The third-order valence-corrected chi connectivity index (χ3v) is 10.8. The monoisotopic (exact) mass is 544 g/mol. The number of carbonyl (C=O) groups is 2. The van der Waals surface area contributed by atoms with Crippen molar-refractivity contribution >= 4 is 11.9 Å². The van der Waals surface area contributed by atoms with Gasteiger partial charge in [0.2, 0.25) is 0 Å². The fourth-order valence-electron chi connectivity index (χ4n) is 8.47. The molecule has 0 radical (unpaired) electrons. The van der Waals surface area contributed by atoms with E-state index in [1.54, 1.807) is 6.08 Å². The summed E-state index contributed by atoms with van der Waals surface area (Å²) >= 11 is 0. The van der Waals surface area contributed by atoms with Crippen molar-refractivity contribution in [2.24, 2.45) is 10.8 Å². The third kappa shape index (κ3) is 3.42. The standard InChI is InChI=1S/C29H36O10/c1-16-6-9-27-14-34-22(31)12-17-7-10-35-28(23(32)25(33)39-24(17)28)8-4-3-5-21(30)38-18-13-20(37-19(27)11-16)29(15-36-29)26(18,27)2/h3,5,11-12,18-20,23-25,32-33H,4,6-10,13-15H2,1-2H3/b5-3-,17-12-. The van der Waals surface area contributed by atoms with Crippen LogP contribution in [-0.2, 0) is 38.0 Å². The zero-order valence-corrected chi connectivity index (χ0v) is 22.3. The highest BCUT2D eigenvalue weighted by Gasteiger charge is 2.83. The molecule has 2 N–H and O–H groups in total. The summed E-state index contributed by atoms with van der Waals surface area (Å²) in [5.41, 5.74) is -1.29. The SMILES string of the molecule is CC1=CC2OC3CC4OC(=O)/C=C\CCC56OCC/C(=C/C(=O)OCC2(CC1)C4(C)C31CO1)C5OC(O)C6O. The van der Waals surface area contributed by atoms with Crippen LogP contribution in [-0.4, -0.2) is 90.0 Å². The second-order valence-corrected chi connectivity index (χ2v) is 12.4. The number of rotatable bonds is 0. The predicted octanol–water partition coefficient (Wildman–Crippen LogP) is 1.63. The lowest BCUT2D eigenvalue weighted by molar-refractivity contribution is -0.232. The largest absolute Gasteiger partial charge is 0.462 e. The highest BCUT2D eigenvalue weighted by atomic mass is 16.7. The number of hydrogen-bond acceptors (Lipinski definition) is 10. The molecular weight excluding hydrogens is 508 g/mol. The molecule has 10 atom stereocenters. The maximum Gasteiger partial charge on any atom is 0.330 e. The van der Waals surface area contributed by atoms with E-state index in [2.05, 4.69) is 19.9 Å². The first-order valence-corrected chi connectivity index (χ1v) is 14.0. The third-order valence-electron chi connectivity index (χ3n) is 10.8. The first-order valence-electron chi connectivity index (χ1n) is 14.0. The van der Waals surface area contributed by atoms with Crippen molar-refractivity contribution in [1.82, 2.24) is 0 Å². The Morgan fingerprint density at radius 1 is 1.00 bits per heavy atom. The molecule has 5 fully saturated rings. The Hall–Kier alpha value is -2.08. The summed E-state index contributed by atoms with van der Waals surface area (Å²) in [6, 6.07) is 0. The number of esters is 2. The Bertz CT molecular complexity index is 1170. The van der Waals surface area contributed by atoms with Gasteiger partial charge in [-0.3, -0.25) is 0 Å². The van der Waals surface area contributed by atoms with Crippen LogP contribution < -0.4 is 0 Å². The molecule has 4 saturated heterocycles. The van der Waals surface area contributed by atoms with Crippen LogP contribution >= 0.6 is 0 Å². The summed E-state index contributed by atoms with van der Waals surface area (Å²) in [6.45, 7) is 5.02. The van der Waals surface area contributed by atoms with Gasteiger partial charge >= 0.3 is 11.9 Å². The maximum absolute atomic E-state index is 13.4. The highest BCUT2D eigenvalue weighted by Crippen LogP contribution is 2.72. The van der Waals surface area contributed by atoms with Crippen LogP contribution in [0, 0.1) is 10.8 Å². The minimum absolute atomic E-state index is 0.0701. The summed E-state index contributed by atoms with van der Waals surface area (Å²) < 4.78 is 36.7. The molecule has 10 nitrogen and oxygen atoms in total. The van der Waals surface area contributed by atoms with Crippen molar-refractivity contribution in [2.45, 2.75) is 100 Å². The van der Waals surface area contributed by atoms with E-state index in [0.29, 0.717) is 37.9 Å². The second kappa shape index (κ2) is 8.71. The van der Waals surface area contributed by atoms with Crippen LogP contribution in [0.3, 0.4) is 0 Å². The number of carbonyl (C=O) groups excluding carboxylic acids is 2. The zero-order valence-electron chi connectivity index (χ0n) is 22.3. The fraction of sp³-hybridized carbons (Fsp3) is 0.724. The number of epoxide rings is 1. The molecule has 5 heterocycles. The van der Waals surface area contributed by atoms with Gasteiger partial charge in [-0.1, -0.05) is 24.6 Å². The molecule has 0 aromatic heterocycles. The molecule has 2 aliphatic carbocycles. The first-order chi connectivity index (χ1) is 18.7. The number of cyclic esters (lactones) is 1. The van der Waals surface area contributed by atoms with Crippen LogP contribution in [0.1, 0.15) is 52.4 Å². The molecule has 212 valence electrons. The molecule has 7 aliphatic rings. The van der Waals surface area contributed by atoms with Gasteiger partial charge in [0.05, 0.1) is 30.8 Å². The van der Waals surface area contributed by atoms with Gasteiger partial charge in [0.15, 0.2) is 6.29 Å². The number of allylic oxidation sites excluding steroid dienone is 2. The second-order valence-electron chi connectivity index (χ2n) is 12.4. The normalized spacial score (nSPS) is 53.0. The molecule has 10 heteroatoms. The average Bonchev–Trinajstić information content (AvgIpc) is 3.64. The lowest BCUT2D eigenvalue weighted by Crippen LogP contribution is -2.66. The number of hydrogen-bond donors (Lipinski definition) is 2. The zero-order chi connectivity index (χ0) is 27.2. The van der Waals surface area contributed by atoms with E-state index >= 15 is 0 Å². The lowest BCUT2D eigenvalue weighted by Gasteiger charge is -2.58. The molecule has 0 aromatic carbocycles. The Kier molecular flexibility index (Phi) is 5.77. The van der Waals surface area contributed by atoms with E-state index in [1.165, 1.54) is 17.7 Å². The van der Waals surface area contributed by atoms with Crippen molar-refractivity contribution in [1.29, 1.82) is 0 Å². The van der Waals surface area contributed by atoms with Crippen LogP contribution in [0.2, 0.25) is 0 Å². The Morgan fingerprint density at radius 3 is 2.62 bits per heavy atom. The van der Waals surface area contributed by atoms with Crippen molar-refractivity contribution in [3.05, 3.63) is 35.5 Å². The molecule has 2 spiro atoms. The van der Waals surface area contributed by atoms with Gasteiger partial charge in [-0.25, -0.2) is 9.59 Å². The van der Waals surface area contributed by atoms with Crippen molar-refractivity contribution in [3.63, 3.8) is 0 Å². The van der Waals surface area contributed by atoms with Gasteiger partial charge in [0, 0.05) is 24.0 Å². The van der Waals surface area contributed by atoms with E-state index in [1.807, 2.05) is 0 Å². The van der Waals surface area contributed by atoms with E-state index < -0.39 is 58.6 Å². The molecule has 39 heavy (non-hydrogen) atoms. The van der Waals surface area contributed by atoms with Crippen molar-refractivity contribution < 1.29 is 48.2 Å². The summed E-state index contributed by atoms with van der Waals surface area (Å²) in [6.07, 6.45) is 5.14. The molecule has 0 amide bonds. The highest BCUT2D eigenvalue weighted by molar-refractivity contribution is 5.83. The van der Waals surface area contributed by atoms with E-state index in [0.717, 1.165) is 6.42 Å². The lowest BCUT2D eigenvalue weighted by atomic mass is 9.51. The minimum atomic E-state index is -1.46. The fourth-order valence-corrected chi connectivity index (χ4v) is 8.47. The molecule has 10 unspecified atom stereocenters. The van der Waals surface area contributed by atoms with Gasteiger partial charge in [0.1, 0.15) is 36.1 Å². The Morgan fingerprint density at radius 2 is 1.82 bits per heavy atom. The van der Waals surface area contributed by atoms with Gasteiger partial charge < -0.3 is 38.6 Å². The minimum Gasteiger partial charge on any atom is -0.462 e. The van der Waals surface area contributed by atoms with Crippen LogP contribution in [0.15, 0.2) is 35.5 Å². The number of ether oxygens (including phenoxy) is 6. The Labute approximate surface area is 226 Å². The summed E-state index contributed by atoms with van der Waals surface area (Å²) in [5, 5.41) is 21.2. The topological polar surface area (TPSA) is 133 Å². The van der Waals surface area contributed by atoms with Gasteiger partial charge in [-0.05, 0) is 44.6 Å². The molecule has 0 aromatic rings. The van der Waals surface area contributed by atoms with Crippen molar-refractivity contribution in [2.75, 3.05) is 19.8 Å². The van der Waals surface area contributed by atoms with E-state index in [-0.39, 0.29) is 31.8 Å². The molecule has 5 aliphatic heterocycles. The number of aliphatic hydroxyl groups is 2. The van der Waals surface area contributed by atoms with Crippen LogP contribution in [0.25, 0.3) is 0 Å². The quantitative estimate of drug-likeness (QED) is 0.263. The molecule has 1 saturated carbocycles. The predicted molar refractivity (Wildman–Crippen MR) is 133 cm³/mol. The maximum atomic E-state index is 13.4. The van der Waals surface area contributed by atoms with E-state index in [4.69, 9.17) is 28.4 Å². The summed E-state index contributed by atoms with van der Waals surface area (Å²) in [4.78, 5) is 26.5. The Balaban J connectivity index is 1.29. The van der Waals surface area contributed by atoms with Crippen LogP contribution in [0.5, 0.6) is 0 Å². The van der Waals surface area contributed by atoms with Crippen LogP contribution in [0.4, 0.5) is 0 Å². The summed E-state index contributed by atoms with van der Waals surface area (Å²) in [7, 11) is 0. The molecule has 4 bridgehead atoms. The van der Waals surface area contributed by atoms with E-state index in [9.17, 15) is 19.8 Å². The smallest absolute Gasteiger partial charge is 0.330 e. The first kappa shape index (κ1) is 25.9. The summed E-state index contributed by atoms with van der Waals surface area (Å²) in [5.74, 6) is -1.000. The number of aliphatic hydroxyl groups excluding tert-OH is 2. The van der Waals surface area contributed by atoms with Gasteiger partial charge in [0.25, 0.3) is 0 Å². The average molecular weight is 545 g/mol. The molecular formula is C29H36O10. The molecule has 7 rings (SSSR count). The van der Waals surface area contributed by atoms with Gasteiger partial charge in [-0.15, -0.1) is 0 Å².